The minimum absolute atomic E-state index is 0.0162. The Morgan fingerprint density at radius 3 is 2.14 bits per heavy atom. The van der Waals surface area contributed by atoms with Gasteiger partial charge in [0.2, 0.25) is 11.8 Å². The first-order valence-corrected chi connectivity index (χ1v) is 13.6. The van der Waals surface area contributed by atoms with Crippen LogP contribution in [0.25, 0.3) is 0 Å². The Balaban J connectivity index is 1.90. The Hall–Kier alpha value is -3.11. The maximum Gasteiger partial charge on any atom is 0.243 e. The van der Waals surface area contributed by atoms with E-state index in [0.717, 1.165) is 23.1 Å². The fourth-order valence-electron chi connectivity index (χ4n) is 4.27. The summed E-state index contributed by atoms with van der Waals surface area (Å²) in [6, 6.07) is 25.2. The van der Waals surface area contributed by atoms with Gasteiger partial charge in [-0.1, -0.05) is 105 Å². The van der Waals surface area contributed by atoms with Gasteiger partial charge in [-0.2, -0.15) is 0 Å². The number of nitrogens with zero attached hydrogens (tertiary/aromatic N) is 1. The van der Waals surface area contributed by atoms with Crippen LogP contribution in [0.1, 0.15) is 68.7 Å². The van der Waals surface area contributed by atoms with Crippen LogP contribution >= 0.6 is 11.6 Å². The molecule has 4 nitrogen and oxygen atoms in total. The fraction of sp³-hybridized carbons (Fsp3) is 0.375. The molecular weight excluding hydrogens is 480 g/mol. The molecule has 3 aromatic rings. The van der Waals surface area contributed by atoms with Gasteiger partial charge >= 0.3 is 0 Å². The maximum absolute atomic E-state index is 13.8. The minimum Gasteiger partial charge on any atom is -0.352 e. The molecule has 3 rings (SSSR count). The number of benzene rings is 3. The molecule has 0 aliphatic rings. The fourth-order valence-corrected chi connectivity index (χ4v) is 4.46. The molecule has 0 aliphatic heterocycles. The van der Waals surface area contributed by atoms with Crippen molar-refractivity contribution >= 4 is 23.4 Å². The highest BCUT2D eigenvalue weighted by atomic mass is 35.5. The van der Waals surface area contributed by atoms with Gasteiger partial charge in [0.1, 0.15) is 6.04 Å². The third-order valence-corrected chi connectivity index (χ3v) is 7.21. The molecule has 0 saturated heterocycles. The van der Waals surface area contributed by atoms with E-state index in [1.54, 1.807) is 4.90 Å². The van der Waals surface area contributed by atoms with Crippen LogP contribution in [0.2, 0.25) is 5.02 Å². The van der Waals surface area contributed by atoms with Gasteiger partial charge in [0, 0.05) is 30.5 Å². The summed E-state index contributed by atoms with van der Waals surface area (Å²) in [6.45, 7) is 8.63. The minimum atomic E-state index is -0.650. The molecule has 0 radical (unpaired) electrons. The van der Waals surface area contributed by atoms with Gasteiger partial charge in [-0.15, -0.1) is 0 Å². The Bertz CT molecular complexity index is 1140. The lowest BCUT2D eigenvalue weighted by molar-refractivity contribution is -0.141. The summed E-state index contributed by atoms with van der Waals surface area (Å²) in [5.74, 6) is 0.262. The van der Waals surface area contributed by atoms with E-state index in [0.29, 0.717) is 30.2 Å². The molecule has 0 spiro atoms. The van der Waals surface area contributed by atoms with Gasteiger partial charge in [-0.25, -0.2) is 0 Å². The molecule has 0 aromatic heterocycles. The molecule has 2 atom stereocenters. The number of aryl methyl sites for hydroxylation is 1. The maximum atomic E-state index is 13.8. The first-order valence-electron chi connectivity index (χ1n) is 13.2. The Morgan fingerprint density at radius 1 is 0.865 bits per heavy atom. The quantitative estimate of drug-likeness (QED) is 0.282. The molecule has 0 aliphatic carbocycles. The molecule has 1 N–H and O–H groups in total. The van der Waals surface area contributed by atoms with E-state index in [-0.39, 0.29) is 24.4 Å². The van der Waals surface area contributed by atoms with Crippen molar-refractivity contribution in [3.63, 3.8) is 0 Å². The van der Waals surface area contributed by atoms with Crippen LogP contribution in [0.4, 0.5) is 0 Å². The third-order valence-electron chi connectivity index (χ3n) is 6.84. The van der Waals surface area contributed by atoms with E-state index in [1.807, 2.05) is 68.4 Å². The van der Waals surface area contributed by atoms with Crippen LogP contribution in [0.3, 0.4) is 0 Å². The van der Waals surface area contributed by atoms with Crippen LogP contribution < -0.4 is 5.32 Å². The van der Waals surface area contributed by atoms with Gasteiger partial charge in [0.25, 0.3) is 0 Å². The SMILES string of the molecule is CC[C@@H](C)NC(=O)[C@@H](Cc1ccccc1)N(Cc1ccccc1Cl)C(=O)CCc1ccc(C(C)C)cc1. The van der Waals surface area contributed by atoms with Gasteiger partial charge in [-0.05, 0) is 54.0 Å². The first-order chi connectivity index (χ1) is 17.8. The number of hydrogen-bond acceptors (Lipinski definition) is 2. The lowest BCUT2D eigenvalue weighted by Crippen LogP contribution is -2.52. The largest absolute Gasteiger partial charge is 0.352 e. The summed E-state index contributed by atoms with van der Waals surface area (Å²) in [7, 11) is 0. The molecule has 0 unspecified atom stereocenters. The van der Waals surface area contributed by atoms with E-state index in [9.17, 15) is 9.59 Å². The molecule has 0 bridgehead atoms. The molecule has 5 heteroatoms. The van der Waals surface area contributed by atoms with Gasteiger partial charge < -0.3 is 10.2 Å². The molecular formula is C32H39ClN2O2. The number of carbonyl (C=O) groups is 2. The summed E-state index contributed by atoms with van der Waals surface area (Å²) in [5, 5.41) is 3.70. The number of amides is 2. The van der Waals surface area contributed by atoms with Crippen molar-refractivity contribution in [2.24, 2.45) is 0 Å². The van der Waals surface area contributed by atoms with Crippen molar-refractivity contribution < 1.29 is 9.59 Å². The highest BCUT2D eigenvalue weighted by Crippen LogP contribution is 2.22. The second-order valence-electron chi connectivity index (χ2n) is 10.0. The second-order valence-corrected chi connectivity index (χ2v) is 10.4. The molecule has 0 fully saturated rings. The van der Waals surface area contributed by atoms with E-state index in [4.69, 9.17) is 11.6 Å². The average molecular weight is 519 g/mol. The summed E-state index contributed by atoms with van der Waals surface area (Å²) in [5.41, 5.74) is 4.22. The number of carbonyl (C=O) groups excluding carboxylic acids is 2. The molecule has 196 valence electrons. The predicted octanol–water partition coefficient (Wildman–Crippen LogP) is 6.95. The molecule has 0 saturated carbocycles. The molecule has 2 amide bonds. The number of hydrogen-bond donors (Lipinski definition) is 1. The lowest BCUT2D eigenvalue weighted by Gasteiger charge is -2.32. The Labute approximate surface area is 227 Å². The van der Waals surface area contributed by atoms with Crippen molar-refractivity contribution in [2.75, 3.05) is 0 Å². The molecule has 37 heavy (non-hydrogen) atoms. The predicted molar refractivity (Wildman–Crippen MR) is 153 cm³/mol. The smallest absolute Gasteiger partial charge is 0.243 e. The first kappa shape index (κ1) is 28.5. The van der Waals surface area contributed by atoms with E-state index >= 15 is 0 Å². The zero-order valence-corrected chi connectivity index (χ0v) is 23.2. The zero-order valence-electron chi connectivity index (χ0n) is 22.4. The number of nitrogens with one attached hydrogen (secondary N) is 1. The van der Waals surface area contributed by atoms with E-state index < -0.39 is 6.04 Å². The highest BCUT2D eigenvalue weighted by molar-refractivity contribution is 6.31. The van der Waals surface area contributed by atoms with Crippen LogP contribution in [0.15, 0.2) is 78.9 Å². The molecule has 3 aromatic carbocycles. The summed E-state index contributed by atoms with van der Waals surface area (Å²) in [6.07, 6.45) is 2.17. The Kier molecular flexibility index (Phi) is 10.8. The van der Waals surface area contributed by atoms with Crippen molar-refractivity contribution in [2.45, 2.75) is 77.9 Å². The van der Waals surface area contributed by atoms with Crippen molar-refractivity contribution in [1.29, 1.82) is 0 Å². The third kappa shape index (κ3) is 8.46. The molecule has 0 heterocycles. The van der Waals surface area contributed by atoms with Crippen LogP contribution in [-0.2, 0) is 29.0 Å². The monoisotopic (exact) mass is 518 g/mol. The normalized spacial score (nSPS) is 12.7. The topological polar surface area (TPSA) is 49.4 Å². The summed E-state index contributed by atoms with van der Waals surface area (Å²) in [4.78, 5) is 29.1. The Morgan fingerprint density at radius 2 is 1.51 bits per heavy atom. The standard InChI is InChI=1S/C32H39ClN2O2/c1-5-24(4)34-32(37)30(21-26-11-7-6-8-12-26)35(22-28-13-9-10-14-29(28)33)31(36)20-17-25-15-18-27(19-16-25)23(2)3/h6-16,18-19,23-24,30H,5,17,20-22H2,1-4H3,(H,34,37)/t24-,30-/m1/s1. The van der Waals surface area contributed by atoms with Crippen molar-refractivity contribution in [3.05, 3.63) is 106 Å². The van der Waals surface area contributed by atoms with Crippen molar-refractivity contribution in [1.82, 2.24) is 10.2 Å². The van der Waals surface area contributed by atoms with Gasteiger partial charge in [0.15, 0.2) is 0 Å². The second kappa shape index (κ2) is 14.0. The highest BCUT2D eigenvalue weighted by Gasteiger charge is 2.31. The van der Waals surface area contributed by atoms with Gasteiger partial charge in [0.05, 0.1) is 0 Å². The van der Waals surface area contributed by atoms with Crippen LogP contribution in [-0.4, -0.2) is 28.8 Å². The summed E-state index contributed by atoms with van der Waals surface area (Å²) < 4.78 is 0. The van der Waals surface area contributed by atoms with Gasteiger partial charge in [-0.3, -0.25) is 9.59 Å². The van der Waals surface area contributed by atoms with E-state index in [2.05, 4.69) is 43.4 Å². The van der Waals surface area contributed by atoms with Crippen molar-refractivity contribution in [3.8, 4) is 0 Å². The number of halogens is 1. The number of rotatable bonds is 12. The summed E-state index contributed by atoms with van der Waals surface area (Å²) >= 11 is 6.50. The zero-order chi connectivity index (χ0) is 26.8. The lowest BCUT2D eigenvalue weighted by atomic mass is 9.99. The van der Waals surface area contributed by atoms with E-state index in [1.165, 1.54) is 5.56 Å². The van der Waals surface area contributed by atoms with Crippen LogP contribution in [0, 0.1) is 0 Å². The average Bonchev–Trinajstić information content (AvgIpc) is 2.90. The van der Waals surface area contributed by atoms with Crippen LogP contribution in [0.5, 0.6) is 0 Å².